The number of sulfonamides is 1. The third-order valence-electron chi connectivity index (χ3n) is 3.59. The molecule has 144 valence electrons. The fourth-order valence-corrected chi connectivity index (χ4v) is 4.50. The molecule has 0 saturated heterocycles. The van der Waals surface area contributed by atoms with Crippen molar-refractivity contribution in [3.05, 3.63) is 42.6 Å². The molecule has 2 aromatic heterocycles. The lowest BCUT2D eigenvalue weighted by Gasteiger charge is -2.20. The zero-order valence-electron chi connectivity index (χ0n) is 15.3. The van der Waals surface area contributed by atoms with Crippen LogP contribution < -0.4 is 4.72 Å². The van der Waals surface area contributed by atoms with Gasteiger partial charge in [0.1, 0.15) is 0 Å². The Balaban J connectivity index is 2.13. The van der Waals surface area contributed by atoms with Gasteiger partial charge >= 0.3 is 0 Å². The minimum atomic E-state index is -3.70. The number of nitrogens with zero attached hydrogens (tertiary/aromatic N) is 3. The predicted octanol–water partition coefficient (Wildman–Crippen LogP) is 1.88. The number of benzene rings is 1. The van der Waals surface area contributed by atoms with Crippen molar-refractivity contribution in [2.75, 3.05) is 6.26 Å². The summed E-state index contributed by atoms with van der Waals surface area (Å²) < 4.78 is 52.7. The number of fused-ring (bicyclic) bond motifs is 1. The highest BCUT2D eigenvalue weighted by Crippen LogP contribution is 2.25. The van der Waals surface area contributed by atoms with Gasteiger partial charge in [0, 0.05) is 17.4 Å². The number of rotatable bonds is 4. The second-order valence-electron chi connectivity index (χ2n) is 7.25. The van der Waals surface area contributed by atoms with Crippen LogP contribution >= 0.6 is 0 Å². The van der Waals surface area contributed by atoms with Crippen LogP contribution in [-0.4, -0.2) is 43.2 Å². The zero-order valence-corrected chi connectivity index (χ0v) is 17.0. The average Bonchev–Trinajstić information content (AvgIpc) is 2.95. The van der Waals surface area contributed by atoms with E-state index < -0.39 is 25.4 Å². The van der Waals surface area contributed by atoms with Gasteiger partial charge in [0.05, 0.1) is 22.3 Å². The second-order valence-corrected chi connectivity index (χ2v) is 10.8. The molecule has 0 aliphatic heterocycles. The summed E-state index contributed by atoms with van der Waals surface area (Å²) in [6, 6.07) is 9.86. The van der Waals surface area contributed by atoms with Gasteiger partial charge in [-0.2, -0.15) is 0 Å². The van der Waals surface area contributed by atoms with Gasteiger partial charge in [-0.15, -0.1) is 5.10 Å². The van der Waals surface area contributed by atoms with E-state index in [2.05, 4.69) is 14.8 Å². The molecule has 8 nitrogen and oxygen atoms in total. The first-order valence-electron chi connectivity index (χ1n) is 8.06. The second kappa shape index (κ2) is 6.39. The molecule has 3 aromatic rings. The van der Waals surface area contributed by atoms with Crippen molar-refractivity contribution >= 4 is 25.4 Å². The van der Waals surface area contributed by atoms with Crippen molar-refractivity contribution in [3.63, 3.8) is 0 Å². The summed E-state index contributed by atoms with van der Waals surface area (Å²) in [7, 11) is -7.28. The molecule has 0 aliphatic carbocycles. The van der Waals surface area contributed by atoms with Crippen molar-refractivity contribution in [3.8, 4) is 11.3 Å². The van der Waals surface area contributed by atoms with Crippen LogP contribution in [0.25, 0.3) is 16.8 Å². The van der Waals surface area contributed by atoms with E-state index >= 15 is 0 Å². The molecule has 10 heteroatoms. The lowest BCUT2D eigenvalue weighted by atomic mass is 10.1. The first-order valence-corrected chi connectivity index (χ1v) is 11.4. The fourth-order valence-electron chi connectivity index (χ4n) is 2.56. The fraction of sp³-hybridized carbons (Fsp3) is 0.294. The molecule has 1 aromatic carbocycles. The molecule has 1 N–H and O–H groups in total. The van der Waals surface area contributed by atoms with Crippen molar-refractivity contribution < 1.29 is 16.8 Å². The molecule has 0 aliphatic rings. The highest BCUT2D eigenvalue weighted by atomic mass is 32.2. The Bertz CT molecular complexity index is 1220. The number of nitrogens with one attached hydrogen (secondary N) is 1. The molecule has 0 fully saturated rings. The predicted molar refractivity (Wildman–Crippen MR) is 102 cm³/mol. The molecule has 2 heterocycles. The number of aromatic nitrogens is 3. The normalized spacial score (nSPS) is 13.2. The summed E-state index contributed by atoms with van der Waals surface area (Å²) in [6.45, 7) is 5.29. The van der Waals surface area contributed by atoms with Crippen LogP contribution in [0, 0.1) is 0 Å². The van der Waals surface area contributed by atoms with Crippen LogP contribution in [0.3, 0.4) is 0 Å². The van der Waals surface area contributed by atoms with E-state index in [1.807, 2.05) is 0 Å². The minimum Gasteiger partial charge on any atom is -0.229 e. The van der Waals surface area contributed by atoms with Crippen LogP contribution in [0.4, 0.5) is 0 Å². The van der Waals surface area contributed by atoms with E-state index in [0.717, 1.165) is 6.26 Å². The van der Waals surface area contributed by atoms with Gasteiger partial charge < -0.3 is 0 Å². The lowest BCUT2D eigenvalue weighted by molar-refractivity contribution is 0.491. The smallest absolute Gasteiger partial charge is 0.229 e. The maximum Gasteiger partial charge on any atom is 0.265 e. The largest absolute Gasteiger partial charge is 0.265 e. The number of hydrogen-bond donors (Lipinski definition) is 1. The third-order valence-corrected chi connectivity index (χ3v) is 6.20. The van der Waals surface area contributed by atoms with Crippen LogP contribution in [0.15, 0.2) is 52.6 Å². The van der Waals surface area contributed by atoms with Crippen molar-refractivity contribution in [1.82, 2.24) is 19.3 Å². The van der Waals surface area contributed by atoms with E-state index in [9.17, 15) is 16.8 Å². The molecule has 0 atom stereocenters. The first-order chi connectivity index (χ1) is 12.4. The summed E-state index contributed by atoms with van der Waals surface area (Å²) >= 11 is 0. The molecule has 0 saturated carbocycles. The van der Waals surface area contributed by atoms with Crippen LogP contribution in [0.5, 0.6) is 0 Å². The molecular weight excluding hydrogens is 388 g/mol. The van der Waals surface area contributed by atoms with Gasteiger partial charge in [-0.1, -0.05) is 12.1 Å². The van der Waals surface area contributed by atoms with Gasteiger partial charge in [-0.3, -0.25) is 0 Å². The summed E-state index contributed by atoms with van der Waals surface area (Å²) in [4.78, 5) is 3.97. The Morgan fingerprint density at radius 3 is 2.37 bits per heavy atom. The molecule has 0 radical (unpaired) electrons. The van der Waals surface area contributed by atoms with E-state index in [1.165, 1.54) is 22.8 Å². The quantitative estimate of drug-likeness (QED) is 0.706. The Labute approximate surface area is 158 Å². The average molecular weight is 409 g/mol. The van der Waals surface area contributed by atoms with Gasteiger partial charge in [0.25, 0.3) is 5.16 Å². The van der Waals surface area contributed by atoms with E-state index in [0.29, 0.717) is 16.8 Å². The Morgan fingerprint density at radius 1 is 1.04 bits per heavy atom. The standard InChI is InChI=1S/C17H20N4O4S2/c1-17(2,3)20-27(24,25)14-7-5-6-12(10-14)15-9-8-13-11-18-16(19-21(13)15)26(4,22)23/h5-11,20H,1-4H3. The summed E-state index contributed by atoms with van der Waals surface area (Å²) in [5, 5.41) is 3.79. The summed E-state index contributed by atoms with van der Waals surface area (Å²) in [6.07, 6.45) is 2.44. The molecule has 0 unspecified atom stereocenters. The Hall–Kier alpha value is -2.30. The number of sulfone groups is 1. The third kappa shape index (κ3) is 4.18. The molecule has 27 heavy (non-hydrogen) atoms. The van der Waals surface area contributed by atoms with Gasteiger partial charge in [-0.05, 0) is 45.0 Å². The maximum atomic E-state index is 12.6. The number of hydrogen-bond acceptors (Lipinski definition) is 6. The van der Waals surface area contributed by atoms with Crippen molar-refractivity contribution in [2.45, 2.75) is 36.4 Å². The highest BCUT2D eigenvalue weighted by Gasteiger charge is 2.22. The zero-order chi connectivity index (χ0) is 20.0. The monoisotopic (exact) mass is 408 g/mol. The van der Waals surface area contributed by atoms with Crippen molar-refractivity contribution in [2.24, 2.45) is 0 Å². The topological polar surface area (TPSA) is 110 Å². The van der Waals surface area contributed by atoms with E-state index in [-0.39, 0.29) is 10.1 Å². The summed E-state index contributed by atoms with van der Waals surface area (Å²) in [5.41, 5.74) is 1.13. The minimum absolute atomic E-state index is 0.113. The van der Waals surface area contributed by atoms with E-state index in [1.54, 1.807) is 45.0 Å². The highest BCUT2D eigenvalue weighted by molar-refractivity contribution is 7.90. The lowest BCUT2D eigenvalue weighted by Crippen LogP contribution is -2.40. The molecule has 0 spiro atoms. The maximum absolute atomic E-state index is 12.6. The Morgan fingerprint density at radius 2 is 1.74 bits per heavy atom. The molecule has 0 amide bonds. The molecule has 3 rings (SSSR count). The van der Waals surface area contributed by atoms with Gasteiger partial charge in [0.15, 0.2) is 0 Å². The summed E-state index contributed by atoms with van der Waals surface area (Å²) in [5.74, 6) is 0. The van der Waals surface area contributed by atoms with Crippen LogP contribution in [0.2, 0.25) is 0 Å². The first kappa shape index (κ1) is 19.5. The molecular formula is C17H20N4O4S2. The van der Waals surface area contributed by atoms with Crippen molar-refractivity contribution in [1.29, 1.82) is 0 Å². The van der Waals surface area contributed by atoms with Gasteiger partial charge in [-0.25, -0.2) is 31.1 Å². The van der Waals surface area contributed by atoms with Crippen LogP contribution in [0.1, 0.15) is 20.8 Å². The molecule has 0 bridgehead atoms. The Kier molecular flexibility index (Phi) is 4.61. The van der Waals surface area contributed by atoms with E-state index in [4.69, 9.17) is 0 Å². The van der Waals surface area contributed by atoms with Gasteiger partial charge in [0.2, 0.25) is 19.9 Å². The van der Waals surface area contributed by atoms with Crippen LogP contribution in [-0.2, 0) is 19.9 Å². The SMILES string of the molecule is CC(C)(C)NS(=O)(=O)c1cccc(-c2ccc3cnc(S(C)(=O)=O)nn23)c1.